The van der Waals surface area contributed by atoms with Crippen molar-refractivity contribution in [3.8, 4) is 0 Å². The van der Waals surface area contributed by atoms with Gasteiger partial charge in [0, 0.05) is 16.0 Å². The summed E-state index contributed by atoms with van der Waals surface area (Å²) in [5.74, 6) is 2.14. The zero-order chi connectivity index (χ0) is 17.6. The highest BCUT2D eigenvalue weighted by molar-refractivity contribution is 7.98. The number of nitrogens with two attached hydrogens (primary N) is 1. The Labute approximate surface area is 160 Å². The number of hydrogen-bond acceptors (Lipinski definition) is 7. The number of thiophene rings is 1. The van der Waals surface area contributed by atoms with E-state index in [0.29, 0.717) is 11.2 Å². The van der Waals surface area contributed by atoms with Crippen molar-refractivity contribution in [2.45, 2.75) is 50.9 Å². The first-order chi connectivity index (χ1) is 11.9. The van der Waals surface area contributed by atoms with Gasteiger partial charge in [-0.3, -0.25) is 0 Å². The van der Waals surface area contributed by atoms with Gasteiger partial charge < -0.3 is 5.73 Å². The van der Waals surface area contributed by atoms with Gasteiger partial charge in [0.05, 0.1) is 16.6 Å². The smallest absolute Gasteiger partial charge is 0.191 e. The van der Waals surface area contributed by atoms with E-state index in [1.165, 1.54) is 16.9 Å². The Morgan fingerprint density at radius 1 is 1.32 bits per heavy atom. The van der Waals surface area contributed by atoms with Crippen molar-refractivity contribution >= 4 is 50.5 Å². The molecule has 0 aliphatic heterocycles. The molecule has 0 fully saturated rings. The molecule has 0 saturated heterocycles. The molecular weight excluding hydrogens is 368 g/mol. The van der Waals surface area contributed by atoms with Gasteiger partial charge in [0.25, 0.3) is 0 Å². The standard InChI is InChI=1S/C18H22N4S3/c1-18(2,3)10-4-5-12-13(6-10)25-16-14(12)15(19)21-17(22-16)24-8-11-7-23-9-20-11/h7,9-10H,4-6,8H2,1-3H3,(H2,19,21,22). The van der Waals surface area contributed by atoms with E-state index < -0.39 is 0 Å². The molecule has 25 heavy (non-hydrogen) atoms. The Bertz CT molecular complexity index is 893. The van der Waals surface area contributed by atoms with Crippen LogP contribution >= 0.6 is 34.4 Å². The van der Waals surface area contributed by atoms with Crippen LogP contribution in [0.25, 0.3) is 10.2 Å². The quantitative estimate of drug-likeness (QED) is 0.493. The topological polar surface area (TPSA) is 64.7 Å². The summed E-state index contributed by atoms with van der Waals surface area (Å²) >= 11 is 5.03. The molecule has 1 aliphatic rings. The lowest BCUT2D eigenvalue weighted by Gasteiger charge is -2.33. The van der Waals surface area contributed by atoms with E-state index in [1.54, 1.807) is 23.1 Å². The predicted molar refractivity (Wildman–Crippen MR) is 108 cm³/mol. The molecule has 4 nitrogen and oxygen atoms in total. The van der Waals surface area contributed by atoms with Crippen LogP contribution in [0, 0.1) is 11.3 Å². The number of nitrogen functional groups attached to an aromatic ring is 1. The summed E-state index contributed by atoms with van der Waals surface area (Å²) in [6.45, 7) is 7.03. The van der Waals surface area contributed by atoms with Crippen molar-refractivity contribution in [1.82, 2.24) is 15.0 Å². The molecule has 0 amide bonds. The zero-order valence-corrected chi connectivity index (χ0v) is 17.2. The van der Waals surface area contributed by atoms with Crippen molar-refractivity contribution in [2.75, 3.05) is 5.73 Å². The molecule has 3 aromatic heterocycles. The third-order valence-corrected chi connectivity index (χ3v) is 7.64. The number of aromatic nitrogens is 3. The van der Waals surface area contributed by atoms with Crippen LogP contribution in [-0.4, -0.2) is 15.0 Å². The van der Waals surface area contributed by atoms with Crippen LogP contribution in [0.5, 0.6) is 0 Å². The average molecular weight is 391 g/mol. The second-order valence-electron chi connectivity index (χ2n) is 7.65. The first-order valence-electron chi connectivity index (χ1n) is 8.49. The third kappa shape index (κ3) is 3.41. The number of rotatable bonds is 3. The number of nitrogens with zero attached hydrogens (tertiary/aromatic N) is 3. The molecule has 0 bridgehead atoms. The van der Waals surface area contributed by atoms with E-state index in [2.05, 4.69) is 36.1 Å². The summed E-state index contributed by atoms with van der Waals surface area (Å²) < 4.78 is 0. The number of fused-ring (bicyclic) bond motifs is 3. The Morgan fingerprint density at radius 2 is 2.16 bits per heavy atom. The molecule has 1 atom stereocenters. The average Bonchev–Trinajstić information content (AvgIpc) is 3.18. The molecule has 1 unspecified atom stereocenters. The van der Waals surface area contributed by atoms with E-state index in [-0.39, 0.29) is 0 Å². The molecule has 7 heteroatoms. The van der Waals surface area contributed by atoms with Crippen LogP contribution in [0.1, 0.15) is 43.3 Å². The lowest BCUT2D eigenvalue weighted by molar-refractivity contribution is 0.218. The van der Waals surface area contributed by atoms with Gasteiger partial charge in [0.15, 0.2) is 5.16 Å². The molecular formula is C18H22N4S3. The highest BCUT2D eigenvalue weighted by atomic mass is 32.2. The Morgan fingerprint density at radius 3 is 2.88 bits per heavy atom. The Kier molecular flexibility index (Phi) is 4.50. The van der Waals surface area contributed by atoms with Gasteiger partial charge in [0.1, 0.15) is 10.6 Å². The highest BCUT2D eigenvalue weighted by Gasteiger charge is 2.31. The first-order valence-corrected chi connectivity index (χ1v) is 11.2. The van der Waals surface area contributed by atoms with E-state index in [4.69, 9.17) is 10.7 Å². The van der Waals surface area contributed by atoms with E-state index in [1.807, 2.05) is 16.8 Å². The number of thioether (sulfide) groups is 1. The summed E-state index contributed by atoms with van der Waals surface area (Å²) in [5, 5.41) is 3.92. The fourth-order valence-electron chi connectivity index (χ4n) is 3.44. The van der Waals surface area contributed by atoms with Gasteiger partial charge >= 0.3 is 0 Å². The largest absolute Gasteiger partial charge is 0.383 e. The van der Waals surface area contributed by atoms with Gasteiger partial charge in [-0.2, -0.15) is 0 Å². The van der Waals surface area contributed by atoms with E-state index in [9.17, 15) is 0 Å². The van der Waals surface area contributed by atoms with E-state index >= 15 is 0 Å². The first kappa shape index (κ1) is 17.2. The normalized spacial score (nSPS) is 17.8. The molecule has 3 heterocycles. The lowest BCUT2D eigenvalue weighted by Crippen LogP contribution is -2.26. The van der Waals surface area contributed by atoms with Crippen molar-refractivity contribution in [3.63, 3.8) is 0 Å². The highest BCUT2D eigenvalue weighted by Crippen LogP contribution is 2.44. The van der Waals surface area contributed by atoms with Gasteiger partial charge in [-0.15, -0.1) is 22.7 Å². The third-order valence-electron chi connectivity index (χ3n) is 4.97. The minimum absolute atomic E-state index is 0.347. The summed E-state index contributed by atoms with van der Waals surface area (Å²) in [5.41, 5.74) is 11.0. The predicted octanol–water partition coefficient (Wildman–Crippen LogP) is 5.17. The minimum Gasteiger partial charge on any atom is -0.383 e. The molecule has 1 aliphatic carbocycles. The summed E-state index contributed by atoms with van der Waals surface area (Å²) in [7, 11) is 0. The molecule has 0 spiro atoms. The lowest BCUT2D eigenvalue weighted by atomic mass is 9.72. The number of thiazole rings is 1. The SMILES string of the molecule is CC(C)(C)C1CCc2c(sc3nc(SCc4cscn4)nc(N)c23)C1. The van der Waals surface area contributed by atoms with Crippen LogP contribution in [-0.2, 0) is 18.6 Å². The van der Waals surface area contributed by atoms with Gasteiger partial charge in [-0.05, 0) is 36.2 Å². The molecule has 4 rings (SSSR count). The van der Waals surface area contributed by atoms with Gasteiger partial charge in [0.2, 0.25) is 0 Å². The van der Waals surface area contributed by atoms with Crippen molar-refractivity contribution in [3.05, 3.63) is 27.0 Å². The molecule has 132 valence electrons. The molecule has 0 aromatic carbocycles. The van der Waals surface area contributed by atoms with E-state index in [0.717, 1.165) is 45.6 Å². The van der Waals surface area contributed by atoms with Crippen LogP contribution < -0.4 is 5.73 Å². The summed E-state index contributed by atoms with van der Waals surface area (Å²) in [6.07, 6.45) is 3.46. The van der Waals surface area contributed by atoms with Crippen molar-refractivity contribution in [2.24, 2.45) is 11.3 Å². The second kappa shape index (κ2) is 6.52. The van der Waals surface area contributed by atoms with Crippen LogP contribution in [0.15, 0.2) is 16.0 Å². The molecule has 3 aromatic rings. The van der Waals surface area contributed by atoms with Crippen LogP contribution in [0.4, 0.5) is 5.82 Å². The number of hydrogen-bond donors (Lipinski definition) is 1. The van der Waals surface area contributed by atoms with Crippen molar-refractivity contribution < 1.29 is 0 Å². The number of anilines is 1. The Hall–Kier alpha value is -1.18. The molecule has 0 radical (unpaired) electrons. The maximum atomic E-state index is 6.32. The summed E-state index contributed by atoms with van der Waals surface area (Å²) in [4.78, 5) is 16.2. The molecule has 2 N–H and O–H groups in total. The fraction of sp³-hybridized carbons (Fsp3) is 0.500. The van der Waals surface area contributed by atoms with Crippen molar-refractivity contribution in [1.29, 1.82) is 0 Å². The maximum Gasteiger partial charge on any atom is 0.191 e. The number of aryl methyl sites for hydroxylation is 1. The maximum absolute atomic E-state index is 6.32. The van der Waals surface area contributed by atoms with Gasteiger partial charge in [-0.1, -0.05) is 32.5 Å². The van der Waals surface area contributed by atoms with Gasteiger partial charge in [-0.25, -0.2) is 15.0 Å². The van der Waals surface area contributed by atoms with Crippen LogP contribution in [0.3, 0.4) is 0 Å². The Balaban J connectivity index is 1.64. The minimum atomic E-state index is 0.347. The monoisotopic (exact) mass is 390 g/mol. The zero-order valence-electron chi connectivity index (χ0n) is 14.7. The second-order valence-corrected chi connectivity index (χ2v) is 10.4. The molecule has 0 saturated carbocycles. The van der Waals surface area contributed by atoms with Crippen LogP contribution in [0.2, 0.25) is 0 Å². The fourth-order valence-corrected chi connectivity index (χ4v) is 6.22. The summed E-state index contributed by atoms with van der Waals surface area (Å²) in [6, 6.07) is 0.